The van der Waals surface area contributed by atoms with E-state index in [4.69, 9.17) is 11.6 Å². The quantitative estimate of drug-likeness (QED) is 0.485. The van der Waals surface area contributed by atoms with E-state index in [1.807, 2.05) is 37.2 Å². The Morgan fingerprint density at radius 2 is 1.70 bits per heavy atom. The highest BCUT2D eigenvalue weighted by molar-refractivity contribution is 6.33. The molecule has 172 valence electrons. The lowest BCUT2D eigenvalue weighted by Crippen LogP contribution is -2.57. The standard InChI is InChI=1S/C28H32ClN3O/c1-21-9-14-27(29)26(17-21)24-12-10-23(11-13-24)19-31-15-16-32(28(33)30(2)3)25(20-31)18-22-7-5-4-6-8-22/h4-14,17,25H,15-16,18-20H2,1-3H3. The van der Waals surface area contributed by atoms with Crippen LogP contribution < -0.4 is 0 Å². The first-order valence-electron chi connectivity index (χ1n) is 11.5. The van der Waals surface area contributed by atoms with Gasteiger partial charge in [0.2, 0.25) is 0 Å². The maximum atomic E-state index is 12.8. The smallest absolute Gasteiger partial charge is 0.319 e. The van der Waals surface area contributed by atoms with E-state index in [1.165, 1.54) is 16.7 Å². The number of halogens is 1. The molecule has 1 atom stereocenters. The lowest BCUT2D eigenvalue weighted by atomic mass is 10.0. The molecule has 0 aliphatic carbocycles. The highest BCUT2D eigenvalue weighted by Crippen LogP contribution is 2.29. The monoisotopic (exact) mass is 461 g/mol. The predicted molar refractivity (Wildman–Crippen MR) is 137 cm³/mol. The van der Waals surface area contributed by atoms with Crippen LogP contribution in [0, 0.1) is 6.92 Å². The molecule has 0 N–H and O–H groups in total. The van der Waals surface area contributed by atoms with Crippen LogP contribution in [0.5, 0.6) is 0 Å². The van der Waals surface area contributed by atoms with E-state index in [0.29, 0.717) is 0 Å². The highest BCUT2D eigenvalue weighted by Gasteiger charge is 2.31. The number of piperazine rings is 1. The largest absolute Gasteiger partial charge is 0.331 e. The molecule has 4 nitrogen and oxygen atoms in total. The van der Waals surface area contributed by atoms with Crippen LogP contribution in [-0.4, -0.2) is 60.5 Å². The Labute approximate surface area is 202 Å². The number of hydrogen-bond donors (Lipinski definition) is 0. The molecule has 1 saturated heterocycles. The number of aryl methyl sites for hydroxylation is 1. The molecular formula is C28H32ClN3O. The molecular weight excluding hydrogens is 430 g/mol. The van der Waals surface area contributed by atoms with Crippen LogP contribution in [0.25, 0.3) is 11.1 Å². The third-order valence-corrected chi connectivity index (χ3v) is 6.63. The molecule has 0 spiro atoms. The Bertz CT molecular complexity index is 1080. The van der Waals surface area contributed by atoms with Gasteiger partial charge in [-0.2, -0.15) is 0 Å². The second-order valence-corrected chi connectivity index (χ2v) is 9.54. The van der Waals surface area contributed by atoms with Gasteiger partial charge in [0.25, 0.3) is 0 Å². The molecule has 1 fully saturated rings. The van der Waals surface area contributed by atoms with Gasteiger partial charge in [0.1, 0.15) is 0 Å². The zero-order chi connectivity index (χ0) is 23.4. The molecule has 1 heterocycles. The van der Waals surface area contributed by atoms with Crippen LogP contribution in [-0.2, 0) is 13.0 Å². The third-order valence-electron chi connectivity index (χ3n) is 6.30. The minimum Gasteiger partial charge on any atom is -0.331 e. The minimum absolute atomic E-state index is 0.0926. The SMILES string of the molecule is Cc1ccc(Cl)c(-c2ccc(CN3CCN(C(=O)N(C)C)C(Cc4ccccc4)C3)cc2)c1. The van der Waals surface area contributed by atoms with Gasteiger partial charge in [0.15, 0.2) is 0 Å². The molecule has 1 unspecified atom stereocenters. The summed E-state index contributed by atoms with van der Waals surface area (Å²) < 4.78 is 0. The van der Waals surface area contributed by atoms with Crippen LogP contribution in [0.2, 0.25) is 5.02 Å². The number of carbonyl (C=O) groups is 1. The molecule has 3 aromatic rings. The fraction of sp³-hybridized carbons (Fsp3) is 0.321. The summed E-state index contributed by atoms with van der Waals surface area (Å²) in [5.74, 6) is 0. The maximum Gasteiger partial charge on any atom is 0.319 e. The van der Waals surface area contributed by atoms with E-state index >= 15 is 0 Å². The Morgan fingerprint density at radius 3 is 2.39 bits per heavy atom. The van der Waals surface area contributed by atoms with Crippen molar-refractivity contribution < 1.29 is 4.79 Å². The van der Waals surface area contributed by atoms with E-state index in [0.717, 1.165) is 48.7 Å². The van der Waals surface area contributed by atoms with Crippen LogP contribution >= 0.6 is 11.6 Å². The second kappa shape index (κ2) is 10.4. The molecule has 1 aliphatic heterocycles. The Kier molecular flexibility index (Phi) is 7.36. The molecule has 1 aliphatic rings. The van der Waals surface area contributed by atoms with Gasteiger partial charge in [-0.25, -0.2) is 4.79 Å². The summed E-state index contributed by atoms with van der Waals surface area (Å²) in [6, 6.07) is 25.5. The molecule has 4 rings (SSSR count). The van der Waals surface area contributed by atoms with Crippen molar-refractivity contribution in [1.82, 2.24) is 14.7 Å². The lowest BCUT2D eigenvalue weighted by Gasteiger charge is -2.42. The van der Waals surface area contributed by atoms with E-state index in [9.17, 15) is 4.79 Å². The van der Waals surface area contributed by atoms with Crippen LogP contribution in [0.15, 0.2) is 72.8 Å². The summed E-state index contributed by atoms with van der Waals surface area (Å²) in [5.41, 5.74) is 5.94. The van der Waals surface area contributed by atoms with E-state index in [1.54, 1.807) is 4.90 Å². The zero-order valence-electron chi connectivity index (χ0n) is 19.7. The Hall–Kier alpha value is -2.82. The number of carbonyl (C=O) groups excluding carboxylic acids is 1. The number of benzene rings is 3. The second-order valence-electron chi connectivity index (χ2n) is 9.13. The van der Waals surface area contributed by atoms with Crippen molar-refractivity contribution in [2.24, 2.45) is 0 Å². The third kappa shape index (κ3) is 5.76. The fourth-order valence-corrected chi connectivity index (χ4v) is 4.77. The number of nitrogens with zero attached hydrogens (tertiary/aromatic N) is 3. The predicted octanol–water partition coefficient (Wildman–Crippen LogP) is 5.73. The van der Waals surface area contributed by atoms with Crippen molar-refractivity contribution in [3.63, 3.8) is 0 Å². The van der Waals surface area contributed by atoms with Gasteiger partial charge < -0.3 is 9.80 Å². The van der Waals surface area contributed by atoms with Crippen molar-refractivity contribution >= 4 is 17.6 Å². The summed E-state index contributed by atoms with van der Waals surface area (Å²) in [7, 11) is 3.66. The van der Waals surface area contributed by atoms with Crippen molar-refractivity contribution in [2.45, 2.75) is 25.9 Å². The van der Waals surface area contributed by atoms with Crippen LogP contribution in [0.1, 0.15) is 16.7 Å². The topological polar surface area (TPSA) is 26.8 Å². The number of amides is 2. The highest BCUT2D eigenvalue weighted by atomic mass is 35.5. The lowest BCUT2D eigenvalue weighted by molar-refractivity contribution is 0.0779. The van der Waals surface area contributed by atoms with Crippen molar-refractivity contribution in [1.29, 1.82) is 0 Å². The average molecular weight is 462 g/mol. The molecule has 0 saturated carbocycles. The Morgan fingerprint density at radius 1 is 0.970 bits per heavy atom. The molecule has 5 heteroatoms. The number of hydrogen-bond acceptors (Lipinski definition) is 2. The van der Waals surface area contributed by atoms with E-state index < -0.39 is 0 Å². The maximum absolute atomic E-state index is 12.8. The summed E-state index contributed by atoms with van der Waals surface area (Å²) in [6.45, 7) is 5.43. The first-order valence-corrected chi connectivity index (χ1v) is 11.9. The molecule has 0 radical (unpaired) electrons. The summed E-state index contributed by atoms with van der Waals surface area (Å²) in [5, 5.41) is 0.777. The summed E-state index contributed by atoms with van der Waals surface area (Å²) >= 11 is 6.43. The van der Waals surface area contributed by atoms with Gasteiger partial charge in [-0.15, -0.1) is 0 Å². The van der Waals surface area contributed by atoms with Crippen molar-refractivity contribution in [2.75, 3.05) is 33.7 Å². The van der Waals surface area contributed by atoms with Crippen molar-refractivity contribution in [3.8, 4) is 11.1 Å². The normalized spacial score (nSPS) is 16.6. The summed E-state index contributed by atoms with van der Waals surface area (Å²) in [6.07, 6.45) is 0.863. The van der Waals surface area contributed by atoms with Gasteiger partial charge in [-0.05, 0) is 42.2 Å². The van der Waals surface area contributed by atoms with Gasteiger partial charge in [0.05, 0.1) is 6.04 Å². The van der Waals surface area contributed by atoms with Gasteiger partial charge in [0, 0.05) is 50.9 Å². The van der Waals surface area contributed by atoms with E-state index in [2.05, 4.69) is 66.4 Å². The zero-order valence-corrected chi connectivity index (χ0v) is 20.4. The number of rotatable bonds is 5. The summed E-state index contributed by atoms with van der Waals surface area (Å²) in [4.78, 5) is 19.0. The molecule has 3 aromatic carbocycles. The first kappa shape index (κ1) is 23.3. The van der Waals surface area contributed by atoms with Crippen LogP contribution in [0.4, 0.5) is 4.79 Å². The first-order chi connectivity index (χ1) is 15.9. The van der Waals surface area contributed by atoms with Gasteiger partial charge in [-0.3, -0.25) is 4.90 Å². The van der Waals surface area contributed by atoms with Crippen LogP contribution in [0.3, 0.4) is 0 Å². The minimum atomic E-state index is 0.0926. The Balaban J connectivity index is 1.47. The fourth-order valence-electron chi connectivity index (χ4n) is 4.54. The van der Waals surface area contributed by atoms with Gasteiger partial charge in [-0.1, -0.05) is 77.8 Å². The number of urea groups is 1. The molecule has 0 aromatic heterocycles. The molecule has 0 bridgehead atoms. The molecule has 2 amide bonds. The van der Waals surface area contributed by atoms with Gasteiger partial charge >= 0.3 is 6.03 Å². The van der Waals surface area contributed by atoms with Crippen molar-refractivity contribution in [3.05, 3.63) is 94.5 Å². The average Bonchev–Trinajstić information content (AvgIpc) is 2.82. The van der Waals surface area contributed by atoms with E-state index in [-0.39, 0.29) is 12.1 Å². The molecule has 33 heavy (non-hydrogen) atoms.